The highest BCUT2D eigenvalue weighted by atomic mass is 15.2. The first kappa shape index (κ1) is 22.3. The highest BCUT2D eigenvalue weighted by molar-refractivity contribution is 5.79. The topological polar surface area (TPSA) is 42.9 Å². The summed E-state index contributed by atoms with van der Waals surface area (Å²) >= 11 is 0. The van der Waals surface area contributed by atoms with Crippen molar-refractivity contribution >= 4 is 5.96 Å². The number of nitrogens with zero attached hydrogens (tertiary/aromatic N) is 3. The predicted octanol–water partition coefficient (Wildman–Crippen LogP) is 3.12. The van der Waals surface area contributed by atoms with Gasteiger partial charge in [0.2, 0.25) is 0 Å². The number of aliphatic imine (C=N–C) groups is 1. The van der Waals surface area contributed by atoms with Crippen LogP contribution in [-0.2, 0) is 19.5 Å². The molecule has 0 radical (unpaired) electrons. The molecule has 5 heteroatoms. The van der Waals surface area contributed by atoms with Gasteiger partial charge in [-0.3, -0.25) is 9.89 Å². The van der Waals surface area contributed by atoms with Crippen molar-refractivity contribution in [2.24, 2.45) is 4.99 Å². The smallest absolute Gasteiger partial charge is 0.191 e. The Bertz CT molecular complexity index is 764. The van der Waals surface area contributed by atoms with E-state index < -0.39 is 0 Å². The van der Waals surface area contributed by atoms with Crippen molar-refractivity contribution in [2.45, 2.75) is 38.4 Å². The van der Waals surface area contributed by atoms with Crippen LogP contribution in [0.25, 0.3) is 0 Å². The Morgan fingerprint density at radius 2 is 1.60 bits per heavy atom. The third kappa shape index (κ3) is 7.15. The summed E-state index contributed by atoms with van der Waals surface area (Å²) in [5.41, 5.74) is 4.03. The van der Waals surface area contributed by atoms with Crippen molar-refractivity contribution in [3.05, 3.63) is 71.3 Å². The fourth-order valence-corrected chi connectivity index (χ4v) is 3.91. The van der Waals surface area contributed by atoms with Gasteiger partial charge >= 0.3 is 0 Å². The minimum atomic E-state index is 0.399. The van der Waals surface area contributed by atoms with E-state index in [1.54, 1.807) is 0 Å². The second-order valence-electron chi connectivity index (χ2n) is 8.41. The van der Waals surface area contributed by atoms with Crippen molar-refractivity contribution in [1.82, 2.24) is 20.4 Å². The Balaban J connectivity index is 1.45. The van der Waals surface area contributed by atoms with Gasteiger partial charge in [-0.2, -0.15) is 0 Å². The summed E-state index contributed by atoms with van der Waals surface area (Å²) in [5.74, 6) is 0.844. The molecule has 1 unspecified atom stereocenters. The summed E-state index contributed by atoms with van der Waals surface area (Å²) < 4.78 is 0. The molecule has 1 aliphatic heterocycles. The molecule has 1 heterocycles. The van der Waals surface area contributed by atoms with Crippen molar-refractivity contribution in [3.63, 3.8) is 0 Å². The van der Waals surface area contributed by atoms with Gasteiger partial charge in [0.25, 0.3) is 0 Å². The summed E-state index contributed by atoms with van der Waals surface area (Å²) in [6, 6.07) is 20.0. The summed E-state index contributed by atoms with van der Waals surface area (Å²) in [6.45, 7) is 5.17. The Hall–Kier alpha value is -2.37. The number of hydrogen-bond acceptors (Lipinski definition) is 3. The zero-order chi connectivity index (χ0) is 21.2. The fraction of sp³-hybridized carbons (Fsp3) is 0.480. The molecule has 0 saturated carbocycles. The van der Waals surface area contributed by atoms with E-state index in [-0.39, 0.29) is 0 Å². The molecule has 162 valence electrons. The van der Waals surface area contributed by atoms with Crippen LogP contribution in [0, 0.1) is 0 Å². The monoisotopic (exact) mass is 407 g/mol. The van der Waals surface area contributed by atoms with Gasteiger partial charge in [-0.25, -0.2) is 0 Å². The van der Waals surface area contributed by atoms with Gasteiger partial charge in [0.15, 0.2) is 5.96 Å². The first-order valence-electron chi connectivity index (χ1n) is 11.1. The van der Waals surface area contributed by atoms with Gasteiger partial charge in [-0.05, 0) is 63.1 Å². The molecule has 0 bridgehead atoms. The molecule has 2 aromatic rings. The van der Waals surface area contributed by atoms with Crippen LogP contribution in [0.15, 0.2) is 59.6 Å². The molecule has 0 aliphatic carbocycles. The third-order valence-electron chi connectivity index (χ3n) is 5.86. The van der Waals surface area contributed by atoms with E-state index in [1.807, 2.05) is 7.05 Å². The van der Waals surface area contributed by atoms with Gasteiger partial charge in [0.1, 0.15) is 0 Å². The van der Waals surface area contributed by atoms with Crippen LogP contribution in [0.5, 0.6) is 0 Å². The van der Waals surface area contributed by atoms with Gasteiger partial charge in [-0.15, -0.1) is 0 Å². The van der Waals surface area contributed by atoms with Crippen LogP contribution in [0.4, 0.5) is 0 Å². The molecular formula is C25H37N5. The van der Waals surface area contributed by atoms with Crippen molar-refractivity contribution in [1.29, 1.82) is 0 Å². The molecule has 1 fully saturated rings. The molecule has 1 atom stereocenters. The average Bonchev–Trinajstić information content (AvgIpc) is 3.27. The van der Waals surface area contributed by atoms with Crippen LogP contribution >= 0.6 is 0 Å². The van der Waals surface area contributed by atoms with Crippen LogP contribution in [0.2, 0.25) is 0 Å². The molecule has 2 aromatic carbocycles. The van der Waals surface area contributed by atoms with E-state index in [2.05, 4.69) is 94.1 Å². The molecule has 5 nitrogen and oxygen atoms in total. The molecule has 1 saturated heterocycles. The lowest BCUT2D eigenvalue weighted by Crippen LogP contribution is -2.45. The summed E-state index contributed by atoms with van der Waals surface area (Å²) in [5, 5.41) is 6.94. The maximum atomic E-state index is 4.40. The standard InChI is InChI=1S/C25H37N5/c1-26-25(28-19-24(29(2)3)17-21-9-5-4-6-10-21)27-18-22-11-13-23(14-12-22)20-30-15-7-8-16-30/h4-6,9-14,24H,7-8,15-20H2,1-3H3,(H2,26,27,28). The van der Waals surface area contributed by atoms with Gasteiger partial charge in [0, 0.05) is 32.7 Å². The van der Waals surface area contributed by atoms with E-state index in [1.165, 1.54) is 42.6 Å². The van der Waals surface area contributed by atoms with Crippen LogP contribution in [-0.4, -0.2) is 62.6 Å². The Morgan fingerprint density at radius 3 is 2.23 bits per heavy atom. The van der Waals surface area contributed by atoms with Crippen molar-refractivity contribution in [3.8, 4) is 0 Å². The highest BCUT2D eigenvalue weighted by Gasteiger charge is 2.13. The first-order chi connectivity index (χ1) is 14.6. The minimum Gasteiger partial charge on any atom is -0.355 e. The van der Waals surface area contributed by atoms with E-state index in [4.69, 9.17) is 0 Å². The van der Waals surface area contributed by atoms with E-state index in [0.717, 1.165) is 32.0 Å². The van der Waals surface area contributed by atoms with Crippen LogP contribution < -0.4 is 10.6 Å². The summed E-state index contributed by atoms with van der Waals surface area (Å²) in [7, 11) is 6.10. The number of likely N-dealkylation sites (N-methyl/N-ethyl adjacent to an activating group) is 1. The Morgan fingerprint density at radius 1 is 0.933 bits per heavy atom. The zero-order valence-electron chi connectivity index (χ0n) is 18.8. The van der Waals surface area contributed by atoms with Gasteiger partial charge in [0.05, 0.1) is 0 Å². The van der Waals surface area contributed by atoms with E-state index in [9.17, 15) is 0 Å². The highest BCUT2D eigenvalue weighted by Crippen LogP contribution is 2.13. The quantitative estimate of drug-likeness (QED) is 0.495. The summed E-state index contributed by atoms with van der Waals surface area (Å²) in [6.07, 6.45) is 3.69. The van der Waals surface area contributed by atoms with Crippen LogP contribution in [0.3, 0.4) is 0 Å². The van der Waals surface area contributed by atoms with Crippen LogP contribution in [0.1, 0.15) is 29.5 Å². The normalized spacial score (nSPS) is 16.1. The minimum absolute atomic E-state index is 0.399. The van der Waals surface area contributed by atoms with Crippen molar-refractivity contribution in [2.75, 3.05) is 40.8 Å². The number of nitrogens with one attached hydrogen (secondary N) is 2. The maximum Gasteiger partial charge on any atom is 0.191 e. The molecule has 2 N–H and O–H groups in total. The lowest BCUT2D eigenvalue weighted by Gasteiger charge is -2.25. The second kappa shape index (κ2) is 11.7. The largest absolute Gasteiger partial charge is 0.355 e. The first-order valence-corrected chi connectivity index (χ1v) is 11.1. The fourth-order valence-electron chi connectivity index (χ4n) is 3.91. The molecule has 30 heavy (non-hydrogen) atoms. The maximum absolute atomic E-state index is 4.40. The van der Waals surface area contributed by atoms with Gasteiger partial charge in [-0.1, -0.05) is 54.6 Å². The molecule has 0 amide bonds. The van der Waals surface area contributed by atoms with Crippen molar-refractivity contribution < 1.29 is 0 Å². The number of likely N-dealkylation sites (tertiary alicyclic amines) is 1. The molecule has 0 spiro atoms. The Labute approximate surface area is 182 Å². The summed E-state index contributed by atoms with van der Waals surface area (Å²) in [4.78, 5) is 9.20. The number of guanidine groups is 1. The van der Waals surface area contributed by atoms with E-state index in [0.29, 0.717) is 6.04 Å². The lowest BCUT2D eigenvalue weighted by molar-refractivity contribution is 0.290. The second-order valence-corrected chi connectivity index (χ2v) is 8.41. The molecule has 0 aromatic heterocycles. The number of hydrogen-bond donors (Lipinski definition) is 2. The number of rotatable bonds is 9. The van der Waals surface area contributed by atoms with E-state index >= 15 is 0 Å². The molecule has 3 rings (SSSR count). The predicted molar refractivity (Wildman–Crippen MR) is 127 cm³/mol. The SMILES string of the molecule is CN=C(NCc1ccc(CN2CCCC2)cc1)NCC(Cc1ccccc1)N(C)C. The zero-order valence-corrected chi connectivity index (χ0v) is 18.8. The lowest BCUT2D eigenvalue weighted by atomic mass is 10.1. The molecule has 1 aliphatic rings. The number of benzene rings is 2. The molecular weight excluding hydrogens is 370 g/mol. The average molecular weight is 408 g/mol. The third-order valence-corrected chi connectivity index (χ3v) is 5.86. The van der Waals surface area contributed by atoms with Gasteiger partial charge < -0.3 is 15.5 Å². The Kier molecular flexibility index (Phi) is 8.72.